The number of hydrogen-bond donors (Lipinski definition) is 1. The minimum atomic E-state index is -2.12. The molecule has 0 amide bonds. The Bertz CT molecular complexity index is 1190. The van der Waals surface area contributed by atoms with Crippen LogP contribution in [0, 0.1) is 0 Å². The van der Waals surface area contributed by atoms with Crippen molar-refractivity contribution in [3.8, 4) is 0 Å². The van der Waals surface area contributed by atoms with E-state index in [-0.39, 0.29) is 5.78 Å². The molecule has 1 N–H and O–H groups in total. The molecule has 0 spiro atoms. The maximum atomic E-state index is 13.4. The van der Waals surface area contributed by atoms with E-state index in [9.17, 15) is 19.5 Å². The van der Waals surface area contributed by atoms with Crippen molar-refractivity contribution in [3.63, 3.8) is 0 Å². The van der Waals surface area contributed by atoms with Gasteiger partial charge in [-0.1, -0.05) is 84.9 Å². The molecule has 0 bridgehead atoms. The summed E-state index contributed by atoms with van der Waals surface area (Å²) in [4.78, 5) is 32.4. The summed E-state index contributed by atoms with van der Waals surface area (Å²) < 4.78 is 0. The molecule has 0 fully saturated rings. The van der Waals surface area contributed by atoms with Crippen LogP contribution in [0.4, 0.5) is 0 Å². The molecular formula is C30H25O5P. The zero-order valence-electron chi connectivity index (χ0n) is 19.4. The number of hydrogen-bond acceptors (Lipinski definition) is 4. The van der Waals surface area contributed by atoms with Gasteiger partial charge in [0.25, 0.3) is 0 Å². The molecule has 0 saturated carbocycles. The second-order valence-corrected chi connectivity index (χ2v) is 11.2. The van der Waals surface area contributed by atoms with Gasteiger partial charge in [0.1, 0.15) is 29.3 Å². The third-order valence-corrected chi connectivity index (χ3v) is 9.73. The highest BCUT2D eigenvalue weighted by atomic mass is 31.2. The van der Waals surface area contributed by atoms with Crippen LogP contribution in [0.15, 0.2) is 133 Å². The van der Waals surface area contributed by atoms with Gasteiger partial charge in [-0.25, -0.2) is 4.79 Å². The van der Waals surface area contributed by atoms with E-state index in [1.165, 1.54) is 15.9 Å². The predicted octanol–water partition coefficient (Wildman–Crippen LogP) is 3.24. The van der Waals surface area contributed by atoms with Crippen LogP contribution in [0.1, 0.15) is 10.4 Å². The standard InChI is InChI=1S/C26H22OP.C4H4O4/c27-26(22-13-5-1-6-14-22)21-28(23-15-7-2-8-16-23,24-17-9-3-10-18-24)25-19-11-4-12-20-25;5-3(6)1-2-4(7)8/h1-20H,21H2;1-2H,(H,5,6)(H,7,8)/q+1;/p-1. The first kappa shape index (κ1) is 26.3. The molecule has 4 aromatic rings. The summed E-state index contributed by atoms with van der Waals surface area (Å²) in [6, 6.07) is 41.2. The Labute approximate surface area is 210 Å². The highest BCUT2D eigenvalue weighted by molar-refractivity contribution is 7.96. The molecule has 36 heavy (non-hydrogen) atoms. The highest BCUT2D eigenvalue weighted by Crippen LogP contribution is 2.55. The Morgan fingerprint density at radius 1 is 0.611 bits per heavy atom. The average molecular weight is 496 g/mol. The number of aliphatic carboxylic acids is 2. The van der Waals surface area contributed by atoms with Gasteiger partial charge >= 0.3 is 5.97 Å². The fourth-order valence-electron chi connectivity index (χ4n) is 3.84. The van der Waals surface area contributed by atoms with Crippen molar-refractivity contribution >= 4 is 40.9 Å². The number of benzene rings is 4. The molecule has 6 heteroatoms. The monoisotopic (exact) mass is 496 g/mol. The van der Waals surface area contributed by atoms with Gasteiger partial charge in [-0.3, -0.25) is 4.79 Å². The van der Waals surface area contributed by atoms with Gasteiger partial charge in [0.2, 0.25) is 5.78 Å². The van der Waals surface area contributed by atoms with E-state index in [0.717, 1.165) is 5.56 Å². The number of carboxylic acid groups (broad SMARTS) is 2. The van der Waals surface area contributed by atoms with Gasteiger partial charge in [0, 0.05) is 11.6 Å². The summed E-state index contributed by atoms with van der Waals surface area (Å²) in [7, 11) is -2.12. The number of carbonyl (C=O) groups is 3. The second kappa shape index (κ2) is 12.9. The van der Waals surface area contributed by atoms with Crippen LogP contribution in [0.3, 0.4) is 0 Å². The third-order valence-electron chi connectivity index (χ3n) is 5.43. The van der Waals surface area contributed by atoms with E-state index in [0.29, 0.717) is 18.3 Å². The molecule has 4 aromatic carbocycles. The smallest absolute Gasteiger partial charge is 0.328 e. The summed E-state index contributed by atoms with van der Waals surface area (Å²) in [5, 5.41) is 20.9. The van der Waals surface area contributed by atoms with Crippen molar-refractivity contribution in [2.24, 2.45) is 0 Å². The molecule has 180 valence electrons. The summed E-state index contributed by atoms with van der Waals surface area (Å²) in [6.45, 7) is 0. The zero-order chi connectivity index (χ0) is 25.8. The van der Waals surface area contributed by atoms with E-state index >= 15 is 0 Å². The quantitative estimate of drug-likeness (QED) is 0.230. The van der Waals surface area contributed by atoms with Crippen LogP contribution >= 0.6 is 7.26 Å². The Kier molecular flexibility index (Phi) is 9.44. The molecule has 0 unspecified atom stereocenters. The molecule has 0 aliphatic rings. The first-order chi connectivity index (χ1) is 17.4. The first-order valence-corrected chi connectivity index (χ1v) is 13.2. The van der Waals surface area contributed by atoms with Gasteiger partial charge in [-0.15, -0.1) is 0 Å². The molecule has 0 aliphatic carbocycles. The topological polar surface area (TPSA) is 94.5 Å². The lowest BCUT2D eigenvalue weighted by Gasteiger charge is -2.27. The molecular weight excluding hydrogens is 471 g/mol. The number of Topliss-reactive ketones (excluding diaryl/α,β-unsaturated/α-hetero) is 1. The average Bonchev–Trinajstić information content (AvgIpc) is 2.93. The van der Waals surface area contributed by atoms with Gasteiger partial charge in [-0.2, -0.15) is 0 Å². The first-order valence-electron chi connectivity index (χ1n) is 11.2. The van der Waals surface area contributed by atoms with Gasteiger partial charge in [0.05, 0.1) is 5.97 Å². The highest BCUT2D eigenvalue weighted by Gasteiger charge is 2.47. The number of carboxylic acids is 2. The Morgan fingerprint density at radius 2 is 0.972 bits per heavy atom. The number of carbonyl (C=O) groups excluding carboxylic acids is 2. The Balaban J connectivity index is 0.000000392. The van der Waals surface area contributed by atoms with E-state index < -0.39 is 19.2 Å². The second-order valence-electron chi connectivity index (χ2n) is 7.75. The zero-order valence-corrected chi connectivity index (χ0v) is 20.3. The van der Waals surface area contributed by atoms with Crippen LogP contribution in [0.5, 0.6) is 0 Å². The maximum absolute atomic E-state index is 13.4. The Morgan fingerprint density at radius 3 is 1.28 bits per heavy atom. The summed E-state index contributed by atoms with van der Waals surface area (Å²) in [6.07, 6.45) is 1.42. The van der Waals surface area contributed by atoms with E-state index in [1.54, 1.807) is 0 Å². The fourth-order valence-corrected chi connectivity index (χ4v) is 7.94. The van der Waals surface area contributed by atoms with Crippen molar-refractivity contribution in [3.05, 3.63) is 139 Å². The van der Waals surface area contributed by atoms with Crippen molar-refractivity contribution in [2.75, 3.05) is 6.16 Å². The lowest BCUT2D eigenvalue weighted by Crippen LogP contribution is -2.35. The normalized spacial score (nSPS) is 10.8. The number of rotatable bonds is 8. The van der Waals surface area contributed by atoms with Gasteiger partial charge < -0.3 is 15.0 Å². The third kappa shape index (κ3) is 6.84. The molecule has 4 rings (SSSR count). The van der Waals surface area contributed by atoms with E-state index in [4.69, 9.17) is 5.11 Å². The Hall–Kier alpha value is -4.34. The maximum Gasteiger partial charge on any atom is 0.328 e. The van der Waals surface area contributed by atoms with Crippen molar-refractivity contribution < 1.29 is 24.6 Å². The summed E-state index contributed by atoms with van der Waals surface area (Å²) >= 11 is 0. The van der Waals surface area contributed by atoms with Crippen molar-refractivity contribution in [1.29, 1.82) is 0 Å². The molecule has 0 aliphatic heterocycles. The van der Waals surface area contributed by atoms with Crippen LogP contribution in [-0.4, -0.2) is 29.0 Å². The largest absolute Gasteiger partial charge is 0.545 e. The van der Waals surface area contributed by atoms with Crippen LogP contribution in [0.25, 0.3) is 0 Å². The molecule has 0 radical (unpaired) electrons. The summed E-state index contributed by atoms with van der Waals surface area (Å²) in [5.74, 6) is -2.62. The SMILES string of the molecule is O=C(C[P+](c1ccccc1)(c1ccccc1)c1ccccc1)c1ccccc1.O=C([O-])C=CC(=O)O. The van der Waals surface area contributed by atoms with E-state index in [1.807, 2.05) is 48.5 Å². The molecule has 0 saturated heterocycles. The van der Waals surface area contributed by atoms with Gasteiger partial charge in [0.15, 0.2) is 0 Å². The van der Waals surface area contributed by atoms with Crippen LogP contribution in [-0.2, 0) is 9.59 Å². The minimum absolute atomic E-state index is 0.186. The summed E-state index contributed by atoms with van der Waals surface area (Å²) in [5.41, 5.74) is 0.773. The van der Waals surface area contributed by atoms with Crippen LogP contribution < -0.4 is 21.0 Å². The lowest BCUT2D eigenvalue weighted by atomic mass is 10.2. The predicted molar refractivity (Wildman–Crippen MR) is 143 cm³/mol. The minimum Gasteiger partial charge on any atom is -0.545 e. The lowest BCUT2D eigenvalue weighted by molar-refractivity contribution is -0.297. The van der Waals surface area contributed by atoms with Crippen molar-refractivity contribution in [2.45, 2.75) is 0 Å². The van der Waals surface area contributed by atoms with Crippen LogP contribution in [0.2, 0.25) is 0 Å². The molecule has 5 nitrogen and oxygen atoms in total. The van der Waals surface area contributed by atoms with Crippen molar-refractivity contribution in [1.82, 2.24) is 0 Å². The molecule has 0 atom stereocenters. The van der Waals surface area contributed by atoms with Gasteiger partial charge in [-0.05, 0) is 42.5 Å². The fraction of sp³-hybridized carbons (Fsp3) is 0.0333. The molecule has 0 aromatic heterocycles. The molecule has 0 heterocycles. The number of ketones is 1. The van der Waals surface area contributed by atoms with E-state index in [2.05, 4.69) is 72.8 Å².